The maximum atomic E-state index is 10.5. The molecule has 0 aliphatic carbocycles. The smallest absolute Gasteiger partial charge is 0.303 e. The summed E-state index contributed by atoms with van der Waals surface area (Å²) in [6.45, 7) is 5.68. The van der Waals surface area contributed by atoms with Gasteiger partial charge in [-0.15, -0.1) is 0 Å². The molecule has 0 amide bonds. The number of carbonyl (C=O) groups is 1. The highest BCUT2D eigenvalue weighted by Crippen LogP contribution is 2.21. The molecule has 0 unspecified atom stereocenters. The van der Waals surface area contributed by atoms with Gasteiger partial charge in [0.05, 0.1) is 18.4 Å². The van der Waals surface area contributed by atoms with E-state index in [1.165, 1.54) is 5.69 Å². The minimum absolute atomic E-state index is 0.295. The molecule has 1 aliphatic heterocycles. The molecule has 1 aliphatic rings. The number of nitrogens with zero attached hydrogens (tertiary/aromatic N) is 3. The summed E-state index contributed by atoms with van der Waals surface area (Å²) in [5.41, 5.74) is 1.20. The zero-order valence-corrected chi connectivity index (χ0v) is 9.46. The van der Waals surface area contributed by atoms with Crippen molar-refractivity contribution in [2.45, 2.75) is 26.4 Å². The summed E-state index contributed by atoms with van der Waals surface area (Å²) in [5, 5.41) is 8.64. The van der Waals surface area contributed by atoms with E-state index in [2.05, 4.69) is 21.4 Å². The molecule has 0 atom stereocenters. The molecule has 5 heteroatoms. The highest BCUT2D eigenvalue weighted by Gasteiger charge is 2.28. The number of rotatable bonds is 5. The van der Waals surface area contributed by atoms with Gasteiger partial charge in [-0.05, 0) is 12.8 Å². The van der Waals surface area contributed by atoms with Crippen molar-refractivity contribution < 1.29 is 9.90 Å². The Kier molecular flexibility index (Phi) is 3.24. The van der Waals surface area contributed by atoms with Crippen molar-refractivity contribution in [2.75, 3.05) is 13.1 Å². The summed E-state index contributed by atoms with van der Waals surface area (Å²) >= 11 is 0. The lowest BCUT2D eigenvalue weighted by Crippen LogP contribution is -2.46. The fourth-order valence-electron chi connectivity index (χ4n) is 2.18. The summed E-state index contributed by atoms with van der Waals surface area (Å²) in [6.07, 6.45) is 4.02. The van der Waals surface area contributed by atoms with E-state index < -0.39 is 5.97 Å². The highest BCUT2D eigenvalue weighted by molar-refractivity contribution is 5.67. The third-order valence-corrected chi connectivity index (χ3v) is 3.02. The maximum Gasteiger partial charge on any atom is 0.303 e. The molecule has 5 nitrogen and oxygen atoms in total. The molecule has 0 saturated carbocycles. The summed E-state index contributed by atoms with van der Waals surface area (Å²) in [6, 6.07) is 0. The number of imidazole rings is 1. The van der Waals surface area contributed by atoms with Gasteiger partial charge in [0, 0.05) is 32.4 Å². The average Bonchev–Trinajstić information content (AvgIpc) is 2.61. The molecule has 0 aromatic carbocycles. The van der Waals surface area contributed by atoms with Crippen LogP contribution < -0.4 is 0 Å². The first-order valence-corrected chi connectivity index (χ1v) is 5.62. The van der Waals surface area contributed by atoms with Crippen LogP contribution in [0.25, 0.3) is 0 Å². The van der Waals surface area contributed by atoms with Gasteiger partial charge in [0.1, 0.15) is 0 Å². The summed E-state index contributed by atoms with van der Waals surface area (Å²) in [7, 11) is 0. The lowest BCUT2D eigenvalue weighted by atomic mass is 9.96. The number of carboxylic acid groups (broad SMARTS) is 1. The van der Waals surface area contributed by atoms with Crippen LogP contribution in [-0.2, 0) is 17.9 Å². The first-order valence-electron chi connectivity index (χ1n) is 5.62. The van der Waals surface area contributed by atoms with Gasteiger partial charge in [0.25, 0.3) is 0 Å². The Morgan fingerprint density at radius 1 is 1.62 bits per heavy atom. The molecule has 1 aromatic heterocycles. The first kappa shape index (κ1) is 11.1. The molecule has 0 radical (unpaired) electrons. The topological polar surface area (TPSA) is 58.4 Å². The van der Waals surface area contributed by atoms with E-state index >= 15 is 0 Å². The van der Waals surface area contributed by atoms with Gasteiger partial charge in [0.2, 0.25) is 0 Å². The first-order chi connectivity index (χ1) is 7.69. The van der Waals surface area contributed by atoms with Crippen LogP contribution in [0.3, 0.4) is 0 Å². The average molecular weight is 223 g/mol. The van der Waals surface area contributed by atoms with Crippen molar-refractivity contribution in [3.8, 4) is 0 Å². The van der Waals surface area contributed by atoms with Crippen LogP contribution in [0.4, 0.5) is 0 Å². The Labute approximate surface area is 94.7 Å². The molecule has 88 valence electrons. The predicted molar refractivity (Wildman–Crippen MR) is 58.9 cm³/mol. The van der Waals surface area contributed by atoms with Crippen molar-refractivity contribution in [1.82, 2.24) is 14.5 Å². The summed E-state index contributed by atoms with van der Waals surface area (Å²) in [4.78, 5) is 16.9. The lowest BCUT2D eigenvalue weighted by Gasteiger charge is -2.38. The SMILES string of the molecule is CCn1cncc1CN1CC(CC(=O)O)C1. The van der Waals surface area contributed by atoms with Gasteiger partial charge in [-0.25, -0.2) is 4.98 Å². The van der Waals surface area contributed by atoms with Crippen molar-refractivity contribution in [3.05, 3.63) is 18.2 Å². The van der Waals surface area contributed by atoms with Gasteiger partial charge in [-0.3, -0.25) is 9.69 Å². The second kappa shape index (κ2) is 4.65. The molecular weight excluding hydrogens is 206 g/mol. The monoisotopic (exact) mass is 223 g/mol. The van der Waals surface area contributed by atoms with Gasteiger partial charge in [-0.1, -0.05) is 0 Å². The Balaban J connectivity index is 1.79. The summed E-state index contributed by atoms with van der Waals surface area (Å²) in [5.74, 6) is -0.362. The third kappa shape index (κ3) is 2.41. The lowest BCUT2D eigenvalue weighted by molar-refractivity contribution is -0.139. The molecule has 0 spiro atoms. The fraction of sp³-hybridized carbons (Fsp3) is 0.636. The van der Waals surface area contributed by atoms with E-state index in [1.54, 1.807) is 0 Å². The van der Waals surface area contributed by atoms with Crippen molar-refractivity contribution in [2.24, 2.45) is 5.92 Å². The third-order valence-electron chi connectivity index (χ3n) is 3.02. The van der Waals surface area contributed by atoms with Crippen LogP contribution in [0, 0.1) is 5.92 Å². The van der Waals surface area contributed by atoms with Crippen LogP contribution in [0.1, 0.15) is 19.0 Å². The molecule has 2 heterocycles. The van der Waals surface area contributed by atoms with E-state index in [0.29, 0.717) is 12.3 Å². The number of hydrogen-bond acceptors (Lipinski definition) is 3. The van der Waals surface area contributed by atoms with Crippen LogP contribution in [-0.4, -0.2) is 38.6 Å². The van der Waals surface area contributed by atoms with E-state index in [-0.39, 0.29) is 0 Å². The van der Waals surface area contributed by atoms with Gasteiger partial charge in [-0.2, -0.15) is 0 Å². The van der Waals surface area contributed by atoms with E-state index in [9.17, 15) is 4.79 Å². The minimum Gasteiger partial charge on any atom is -0.481 e. The van der Waals surface area contributed by atoms with Crippen molar-refractivity contribution in [3.63, 3.8) is 0 Å². The number of hydrogen-bond donors (Lipinski definition) is 1. The van der Waals surface area contributed by atoms with Gasteiger partial charge < -0.3 is 9.67 Å². The molecule has 1 fully saturated rings. The largest absolute Gasteiger partial charge is 0.481 e. The second-order valence-electron chi connectivity index (χ2n) is 4.33. The molecular formula is C11H17N3O2. The van der Waals surface area contributed by atoms with E-state index in [1.807, 2.05) is 12.5 Å². The molecule has 1 saturated heterocycles. The normalized spacial score (nSPS) is 17.3. The maximum absolute atomic E-state index is 10.5. The van der Waals surface area contributed by atoms with Crippen LogP contribution in [0.15, 0.2) is 12.5 Å². The highest BCUT2D eigenvalue weighted by atomic mass is 16.4. The van der Waals surface area contributed by atoms with Gasteiger partial charge in [0.15, 0.2) is 0 Å². The number of aromatic nitrogens is 2. The van der Waals surface area contributed by atoms with Gasteiger partial charge >= 0.3 is 5.97 Å². The number of likely N-dealkylation sites (tertiary alicyclic amines) is 1. The zero-order chi connectivity index (χ0) is 11.5. The predicted octanol–water partition coefficient (Wildman–Crippen LogP) is 0.809. The van der Waals surface area contributed by atoms with E-state index in [4.69, 9.17) is 5.11 Å². The van der Waals surface area contributed by atoms with Crippen molar-refractivity contribution in [1.29, 1.82) is 0 Å². The fourth-order valence-corrected chi connectivity index (χ4v) is 2.18. The second-order valence-corrected chi connectivity index (χ2v) is 4.33. The Morgan fingerprint density at radius 2 is 2.38 bits per heavy atom. The molecule has 1 aromatic rings. The molecule has 1 N–H and O–H groups in total. The molecule has 0 bridgehead atoms. The van der Waals surface area contributed by atoms with Crippen LogP contribution in [0.5, 0.6) is 0 Å². The zero-order valence-electron chi connectivity index (χ0n) is 9.46. The summed E-state index contributed by atoms with van der Waals surface area (Å²) < 4.78 is 2.12. The molecule has 2 rings (SSSR count). The van der Waals surface area contributed by atoms with Crippen LogP contribution >= 0.6 is 0 Å². The van der Waals surface area contributed by atoms with Crippen molar-refractivity contribution >= 4 is 5.97 Å². The van der Waals surface area contributed by atoms with Crippen LogP contribution in [0.2, 0.25) is 0 Å². The number of aryl methyl sites for hydroxylation is 1. The standard InChI is InChI=1S/C11H17N3O2/c1-2-14-8-12-4-10(14)7-13-5-9(6-13)3-11(15)16/h4,8-9H,2-3,5-7H2,1H3,(H,15,16). The Morgan fingerprint density at radius 3 is 3.00 bits per heavy atom. The molecule has 16 heavy (non-hydrogen) atoms. The Bertz CT molecular complexity index is 369. The number of aliphatic carboxylic acids is 1. The Hall–Kier alpha value is -1.36. The quantitative estimate of drug-likeness (QED) is 0.802. The minimum atomic E-state index is -0.691. The number of carboxylic acids is 1. The van der Waals surface area contributed by atoms with E-state index in [0.717, 1.165) is 26.2 Å².